The Morgan fingerprint density at radius 1 is 1.11 bits per heavy atom. The lowest BCUT2D eigenvalue weighted by Gasteiger charge is -2.13. The predicted octanol–water partition coefficient (Wildman–Crippen LogP) is 3.69. The third kappa shape index (κ3) is 8.43. The number of hydrogen-bond donors (Lipinski definition) is 2. The SMILES string of the molecule is CN=C(NCCOCc1cccc(OC)c1)NCCc1ccc(F)cc1C.I. The molecule has 0 amide bonds. The Bertz CT molecular complexity index is 756. The molecule has 0 unspecified atom stereocenters. The largest absolute Gasteiger partial charge is 0.497 e. The molecule has 0 atom stereocenters. The van der Waals surface area contributed by atoms with Crippen molar-refractivity contribution in [1.29, 1.82) is 0 Å². The van der Waals surface area contributed by atoms with Crippen molar-refractivity contribution in [1.82, 2.24) is 10.6 Å². The van der Waals surface area contributed by atoms with E-state index in [2.05, 4.69) is 15.6 Å². The van der Waals surface area contributed by atoms with E-state index in [4.69, 9.17) is 9.47 Å². The van der Waals surface area contributed by atoms with E-state index in [1.165, 1.54) is 6.07 Å². The zero-order valence-corrected chi connectivity index (χ0v) is 19.0. The van der Waals surface area contributed by atoms with Gasteiger partial charge in [0.25, 0.3) is 0 Å². The number of nitrogens with zero attached hydrogens (tertiary/aromatic N) is 1. The molecule has 0 spiro atoms. The summed E-state index contributed by atoms with van der Waals surface area (Å²) in [6.07, 6.45) is 0.805. The van der Waals surface area contributed by atoms with Crippen molar-refractivity contribution in [2.75, 3.05) is 33.9 Å². The van der Waals surface area contributed by atoms with Gasteiger partial charge in [-0.05, 0) is 54.3 Å². The molecule has 0 aliphatic heterocycles. The van der Waals surface area contributed by atoms with Crippen LogP contribution in [0.5, 0.6) is 5.75 Å². The minimum absolute atomic E-state index is 0. The molecule has 0 radical (unpaired) electrons. The number of hydrogen-bond acceptors (Lipinski definition) is 3. The second-order valence-corrected chi connectivity index (χ2v) is 6.15. The van der Waals surface area contributed by atoms with Gasteiger partial charge < -0.3 is 20.1 Å². The lowest BCUT2D eigenvalue weighted by atomic mass is 10.1. The van der Waals surface area contributed by atoms with Crippen LogP contribution in [0.2, 0.25) is 0 Å². The van der Waals surface area contributed by atoms with Crippen LogP contribution in [0, 0.1) is 12.7 Å². The number of aryl methyl sites for hydroxylation is 1. The van der Waals surface area contributed by atoms with Gasteiger partial charge in [0.2, 0.25) is 0 Å². The second kappa shape index (κ2) is 13.3. The van der Waals surface area contributed by atoms with E-state index in [0.29, 0.717) is 19.8 Å². The minimum Gasteiger partial charge on any atom is -0.497 e. The lowest BCUT2D eigenvalue weighted by molar-refractivity contribution is 0.125. The molecule has 2 N–H and O–H groups in total. The lowest BCUT2D eigenvalue weighted by Crippen LogP contribution is -2.39. The number of ether oxygens (including phenoxy) is 2. The minimum atomic E-state index is -0.198. The van der Waals surface area contributed by atoms with Crippen LogP contribution in [-0.4, -0.2) is 39.8 Å². The highest BCUT2D eigenvalue weighted by Gasteiger charge is 2.02. The highest BCUT2D eigenvalue weighted by Crippen LogP contribution is 2.13. The third-order valence-electron chi connectivity index (χ3n) is 4.16. The van der Waals surface area contributed by atoms with Crippen molar-refractivity contribution >= 4 is 29.9 Å². The van der Waals surface area contributed by atoms with Gasteiger partial charge in [0.05, 0.1) is 20.3 Å². The summed E-state index contributed by atoms with van der Waals surface area (Å²) in [6, 6.07) is 12.7. The summed E-state index contributed by atoms with van der Waals surface area (Å²) in [5, 5.41) is 6.47. The molecule has 2 aromatic rings. The first-order valence-corrected chi connectivity index (χ1v) is 9.02. The summed E-state index contributed by atoms with van der Waals surface area (Å²) >= 11 is 0. The Hall–Kier alpha value is -1.87. The first kappa shape index (κ1) is 24.2. The molecule has 7 heteroatoms. The Balaban J connectivity index is 0.00000392. The fourth-order valence-electron chi connectivity index (χ4n) is 2.67. The van der Waals surface area contributed by atoms with Gasteiger partial charge in [-0.15, -0.1) is 24.0 Å². The monoisotopic (exact) mass is 501 g/mol. The van der Waals surface area contributed by atoms with Gasteiger partial charge in [0, 0.05) is 20.1 Å². The maximum Gasteiger partial charge on any atom is 0.191 e. The summed E-state index contributed by atoms with van der Waals surface area (Å²) in [7, 11) is 3.38. The highest BCUT2D eigenvalue weighted by molar-refractivity contribution is 14.0. The fourth-order valence-corrected chi connectivity index (χ4v) is 2.67. The smallest absolute Gasteiger partial charge is 0.191 e. The molecule has 0 saturated carbocycles. The Morgan fingerprint density at radius 2 is 1.89 bits per heavy atom. The molecule has 0 aliphatic rings. The molecule has 5 nitrogen and oxygen atoms in total. The van der Waals surface area contributed by atoms with Gasteiger partial charge in [-0.25, -0.2) is 4.39 Å². The van der Waals surface area contributed by atoms with E-state index in [0.717, 1.165) is 41.4 Å². The normalized spacial score (nSPS) is 10.9. The molecule has 2 aromatic carbocycles. The molecule has 0 aliphatic carbocycles. The topological polar surface area (TPSA) is 54.9 Å². The van der Waals surface area contributed by atoms with Crippen molar-refractivity contribution < 1.29 is 13.9 Å². The van der Waals surface area contributed by atoms with Crippen LogP contribution < -0.4 is 15.4 Å². The molecule has 2 rings (SSSR count). The van der Waals surface area contributed by atoms with E-state index in [1.54, 1.807) is 20.2 Å². The van der Waals surface area contributed by atoms with Crippen molar-refractivity contribution in [2.24, 2.45) is 4.99 Å². The number of halogens is 2. The van der Waals surface area contributed by atoms with E-state index in [-0.39, 0.29) is 29.8 Å². The van der Waals surface area contributed by atoms with Crippen molar-refractivity contribution in [2.45, 2.75) is 20.0 Å². The first-order chi connectivity index (χ1) is 13.1. The van der Waals surface area contributed by atoms with Crippen molar-refractivity contribution in [3.63, 3.8) is 0 Å². The number of aliphatic imine (C=N–C) groups is 1. The van der Waals surface area contributed by atoms with Crippen LogP contribution >= 0.6 is 24.0 Å². The van der Waals surface area contributed by atoms with Gasteiger partial charge in [0.1, 0.15) is 11.6 Å². The van der Waals surface area contributed by atoms with Gasteiger partial charge in [-0.1, -0.05) is 18.2 Å². The van der Waals surface area contributed by atoms with Crippen LogP contribution in [0.15, 0.2) is 47.5 Å². The molecule has 0 saturated heterocycles. The summed E-state index contributed by atoms with van der Waals surface area (Å²) < 4.78 is 24.0. The summed E-state index contributed by atoms with van der Waals surface area (Å²) in [5.74, 6) is 1.35. The Kier molecular flexibility index (Phi) is 11.5. The van der Waals surface area contributed by atoms with E-state index >= 15 is 0 Å². The quantitative estimate of drug-likeness (QED) is 0.238. The van der Waals surface area contributed by atoms with Gasteiger partial charge in [-0.3, -0.25) is 4.99 Å². The Morgan fingerprint density at radius 3 is 2.61 bits per heavy atom. The van der Waals surface area contributed by atoms with Crippen LogP contribution in [0.25, 0.3) is 0 Å². The van der Waals surface area contributed by atoms with E-state index in [1.807, 2.05) is 37.3 Å². The number of guanidine groups is 1. The zero-order chi connectivity index (χ0) is 19.5. The molecule has 0 fully saturated rings. The number of methoxy groups -OCH3 is 1. The number of rotatable bonds is 9. The molecule has 0 aromatic heterocycles. The zero-order valence-electron chi connectivity index (χ0n) is 16.6. The van der Waals surface area contributed by atoms with Crippen LogP contribution in [0.1, 0.15) is 16.7 Å². The average molecular weight is 501 g/mol. The highest BCUT2D eigenvalue weighted by atomic mass is 127. The number of benzene rings is 2. The van der Waals surface area contributed by atoms with Crippen molar-refractivity contribution in [3.05, 3.63) is 65.0 Å². The van der Waals surface area contributed by atoms with Gasteiger partial charge in [-0.2, -0.15) is 0 Å². The summed E-state index contributed by atoms with van der Waals surface area (Å²) in [6.45, 7) is 4.39. The van der Waals surface area contributed by atoms with Gasteiger partial charge >= 0.3 is 0 Å². The van der Waals surface area contributed by atoms with Crippen LogP contribution in [-0.2, 0) is 17.8 Å². The standard InChI is InChI=1S/C21H28FN3O2.HI/c1-16-13-19(22)8-7-18(16)9-10-24-21(23-2)25-11-12-27-15-17-5-4-6-20(14-17)26-3;/h4-8,13-14H,9-12,15H2,1-3H3,(H2,23,24,25);1H. The Labute approximate surface area is 183 Å². The molecular weight excluding hydrogens is 472 g/mol. The molecular formula is C21H29FIN3O2. The summed E-state index contributed by atoms with van der Waals surface area (Å²) in [5.41, 5.74) is 3.16. The van der Waals surface area contributed by atoms with Crippen LogP contribution in [0.4, 0.5) is 4.39 Å². The summed E-state index contributed by atoms with van der Waals surface area (Å²) in [4.78, 5) is 4.20. The number of nitrogens with one attached hydrogen (secondary N) is 2. The molecule has 0 heterocycles. The van der Waals surface area contributed by atoms with E-state index < -0.39 is 0 Å². The maximum atomic E-state index is 13.1. The average Bonchev–Trinajstić information content (AvgIpc) is 2.68. The fraction of sp³-hybridized carbons (Fsp3) is 0.381. The first-order valence-electron chi connectivity index (χ1n) is 9.02. The maximum absolute atomic E-state index is 13.1. The predicted molar refractivity (Wildman–Crippen MR) is 122 cm³/mol. The van der Waals surface area contributed by atoms with E-state index in [9.17, 15) is 4.39 Å². The third-order valence-corrected chi connectivity index (χ3v) is 4.16. The molecule has 28 heavy (non-hydrogen) atoms. The molecule has 154 valence electrons. The second-order valence-electron chi connectivity index (χ2n) is 6.15. The van der Waals surface area contributed by atoms with Crippen LogP contribution in [0.3, 0.4) is 0 Å². The van der Waals surface area contributed by atoms with Crippen molar-refractivity contribution in [3.8, 4) is 5.75 Å². The van der Waals surface area contributed by atoms with Gasteiger partial charge in [0.15, 0.2) is 5.96 Å². The molecule has 0 bridgehead atoms.